The summed E-state index contributed by atoms with van der Waals surface area (Å²) in [7, 11) is 0. The maximum atomic E-state index is 13.3. The fourth-order valence-electron chi connectivity index (χ4n) is 3.87. The van der Waals surface area contributed by atoms with E-state index in [-0.39, 0.29) is 29.4 Å². The van der Waals surface area contributed by atoms with Gasteiger partial charge in [-0.05, 0) is 51.8 Å². The van der Waals surface area contributed by atoms with E-state index in [2.05, 4.69) is 20.6 Å². The smallest absolute Gasteiger partial charge is 0.410 e. The van der Waals surface area contributed by atoms with Crippen LogP contribution in [0.1, 0.15) is 44.1 Å². The highest BCUT2D eigenvalue weighted by molar-refractivity contribution is 5.95. The number of aromatic nitrogens is 3. The van der Waals surface area contributed by atoms with Crippen LogP contribution in [0, 0.1) is 0 Å². The van der Waals surface area contributed by atoms with Gasteiger partial charge >= 0.3 is 6.09 Å². The molecule has 30 heavy (non-hydrogen) atoms. The lowest BCUT2D eigenvalue weighted by Crippen LogP contribution is -2.59. The minimum absolute atomic E-state index is 0.150. The third kappa shape index (κ3) is 3.60. The second kappa shape index (κ2) is 7.12. The molecule has 0 aliphatic carbocycles. The first-order valence-electron chi connectivity index (χ1n) is 9.79. The number of nitrogens with one attached hydrogen (secondary N) is 2. The third-order valence-electron chi connectivity index (χ3n) is 5.06. The van der Waals surface area contributed by atoms with Crippen LogP contribution in [0.25, 0.3) is 0 Å². The molecule has 4 rings (SSSR count). The zero-order valence-electron chi connectivity index (χ0n) is 17.1. The maximum Gasteiger partial charge on any atom is 0.410 e. The molecule has 2 aromatic heterocycles. The topological polar surface area (TPSA) is 118 Å². The number of rotatable bonds is 2. The highest BCUT2D eigenvalue weighted by Gasteiger charge is 2.48. The van der Waals surface area contributed by atoms with Crippen LogP contribution in [0.2, 0.25) is 0 Å². The van der Waals surface area contributed by atoms with E-state index in [1.54, 1.807) is 50.1 Å². The standard InChI is InChI=1S/C20H24N6O4/c1-19(2,3)30-18(29)25-10-4-8-20(11-25)24-16(27)14-6-5-13(17(28)26(14)20)23-15-7-9-21-12-22-15/h5-7,9,12H,4,8,10-11H2,1-3H3,(H,24,27)(H,21,22,23). The van der Waals surface area contributed by atoms with E-state index in [4.69, 9.17) is 4.74 Å². The van der Waals surface area contributed by atoms with E-state index < -0.39 is 17.4 Å². The van der Waals surface area contributed by atoms with Crippen LogP contribution in [0.5, 0.6) is 0 Å². The number of ether oxygens (including phenoxy) is 1. The Balaban J connectivity index is 1.69. The molecule has 1 unspecified atom stereocenters. The third-order valence-corrected chi connectivity index (χ3v) is 5.06. The first kappa shape index (κ1) is 19.9. The van der Waals surface area contributed by atoms with Crippen molar-refractivity contribution in [2.24, 2.45) is 0 Å². The van der Waals surface area contributed by atoms with E-state index >= 15 is 0 Å². The zero-order valence-corrected chi connectivity index (χ0v) is 17.1. The summed E-state index contributed by atoms with van der Waals surface area (Å²) in [6, 6.07) is 4.80. The zero-order chi connectivity index (χ0) is 21.5. The number of likely N-dealkylation sites (tertiary alicyclic amines) is 1. The van der Waals surface area contributed by atoms with Crippen molar-refractivity contribution >= 4 is 23.5 Å². The number of fused-ring (bicyclic) bond motifs is 2. The van der Waals surface area contributed by atoms with Gasteiger partial charge in [0.05, 0.1) is 6.54 Å². The summed E-state index contributed by atoms with van der Waals surface area (Å²) in [4.78, 5) is 48.0. The molecular weight excluding hydrogens is 388 g/mol. The molecule has 2 aliphatic rings. The fraction of sp³-hybridized carbons (Fsp3) is 0.450. The van der Waals surface area contributed by atoms with Gasteiger partial charge in [-0.15, -0.1) is 0 Å². The van der Waals surface area contributed by atoms with Gasteiger partial charge < -0.3 is 20.3 Å². The Bertz CT molecular complexity index is 1050. The Labute approximate surface area is 173 Å². The SMILES string of the molecule is CC(C)(C)OC(=O)N1CCCC2(C1)NC(=O)c1ccc(Nc3ccncn3)c(=O)n12. The number of carbonyl (C=O) groups is 2. The number of amides is 2. The van der Waals surface area contributed by atoms with Crippen molar-refractivity contribution in [3.05, 3.63) is 46.8 Å². The number of pyridine rings is 1. The summed E-state index contributed by atoms with van der Waals surface area (Å²) in [5.41, 5.74) is -1.47. The van der Waals surface area contributed by atoms with Gasteiger partial charge in [-0.2, -0.15) is 0 Å². The van der Waals surface area contributed by atoms with Gasteiger partial charge in [0.2, 0.25) is 0 Å². The van der Waals surface area contributed by atoms with Gasteiger partial charge in [0.25, 0.3) is 11.5 Å². The number of nitrogens with zero attached hydrogens (tertiary/aromatic N) is 4. The fourth-order valence-corrected chi connectivity index (χ4v) is 3.87. The second-order valence-electron chi connectivity index (χ2n) is 8.48. The van der Waals surface area contributed by atoms with Crippen LogP contribution < -0.4 is 16.2 Å². The van der Waals surface area contributed by atoms with Gasteiger partial charge in [0.15, 0.2) is 0 Å². The maximum absolute atomic E-state index is 13.3. The van der Waals surface area contributed by atoms with Crippen LogP contribution in [-0.2, 0) is 10.4 Å². The number of hydrogen-bond donors (Lipinski definition) is 2. The van der Waals surface area contributed by atoms with Crippen molar-refractivity contribution in [2.75, 3.05) is 18.4 Å². The monoisotopic (exact) mass is 412 g/mol. The van der Waals surface area contributed by atoms with Crippen molar-refractivity contribution in [3.8, 4) is 0 Å². The van der Waals surface area contributed by atoms with Gasteiger partial charge in [-0.3, -0.25) is 14.2 Å². The molecule has 0 saturated carbocycles. The lowest BCUT2D eigenvalue weighted by atomic mass is 9.98. The summed E-state index contributed by atoms with van der Waals surface area (Å²) < 4.78 is 6.94. The number of carbonyl (C=O) groups excluding carboxylic acids is 2. The lowest BCUT2D eigenvalue weighted by Gasteiger charge is -2.41. The normalized spacial score (nSPS) is 20.6. The van der Waals surface area contributed by atoms with E-state index in [0.717, 1.165) is 0 Å². The number of anilines is 2. The first-order valence-corrected chi connectivity index (χ1v) is 9.79. The van der Waals surface area contributed by atoms with Crippen molar-refractivity contribution in [3.63, 3.8) is 0 Å². The van der Waals surface area contributed by atoms with E-state index in [0.29, 0.717) is 25.2 Å². The molecule has 0 bridgehead atoms. The number of piperidine rings is 1. The molecule has 1 atom stereocenters. The molecular formula is C20H24N6O4. The van der Waals surface area contributed by atoms with E-state index in [9.17, 15) is 14.4 Å². The molecule has 1 spiro atoms. The Morgan fingerprint density at radius 1 is 1.27 bits per heavy atom. The average Bonchev–Trinajstić information content (AvgIpc) is 2.95. The molecule has 1 fully saturated rings. The second-order valence-corrected chi connectivity index (χ2v) is 8.48. The summed E-state index contributed by atoms with van der Waals surface area (Å²) in [5.74, 6) is 0.125. The van der Waals surface area contributed by atoms with Gasteiger partial charge in [-0.25, -0.2) is 14.8 Å². The minimum Gasteiger partial charge on any atom is -0.444 e. The quantitative estimate of drug-likeness (QED) is 0.772. The molecule has 0 aromatic carbocycles. The Kier molecular flexibility index (Phi) is 4.71. The first-order chi connectivity index (χ1) is 14.2. The highest BCUT2D eigenvalue weighted by atomic mass is 16.6. The molecule has 1 saturated heterocycles. The van der Waals surface area contributed by atoms with Crippen molar-refractivity contribution < 1.29 is 14.3 Å². The summed E-state index contributed by atoms with van der Waals surface area (Å²) >= 11 is 0. The van der Waals surface area contributed by atoms with Crippen molar-refractivity contribution in [2.45, 2.75) is 44.9 Å². The van der Waals surface area contributed by atoms with Crippen LogP contribution in [0.15, 0.2) is 35.5 Å². The summed E-state index contributed by atoms with van der Waals surface area (Å²) in [5, 5.41) is 5.91. The molecule has 2 aliphatic heterocycles. The summed E-state index contributed by atoms with van der Waals surface area (Å²) in [6.45, 7) is 6.04. The van der Waals surface area contributed by atoms with Crippen LogP contribution in [0.3, 0.4) is 0 Å². The predicted octanol–water partition coefficient (Wildman–Crippen LogP) is 1.81. The van der Waals surface area contributed by atoms with Crippen LogP contribution in [0.4, 0.5) is 16.3 Å². The molecule has 4 heterocycles. The molecule has 2 N–H and O–H groups in total. The molecule has 158 valence electrons. The Morgan fingerprint density at radius 2 is 2.07 bits per heavy atom. The van der Waals surface area contributed by atoms with Crippen molar-refractivity contribution in [1.82, 2.24) is 24.8 Å². The molecule has 2 aromatic rings. The van der Waals surface area contributed by atoms with Gasteiger partial charge in [-0.1, -0.05) is 0 Å². The Morgan fingerprint density at radius 3 is 2.77 bits per heavy atom. The van der Waals surface area contributed by atoms with Gasteiger partial charge in [0, 0.05) is 12.7 Å². The molecule has 10 nitrogen and oxygen atoms in total. The number of hydrogen-bond acceptors (Lipinski definition) is 7. The molecule has 10 heteroatoms. The van der Waals surface area contributed by atoms with Gasteiger partial charge in [0.1, 0.15) is 34.8 Å². The minimum atomic E-state index is -1.01. The van der Waals surface area contributed by atoms with Crippen molar-refractivity contribution in [1.29, 1.82) is 0 Å². The summed E-state index contributed by atoms with van der Waals surface area (Å²) in [6.07, 6.45) is 3.62. The molecule has 0 radical (unpaired) electrons. The van der Waals surface area contributed by atoms with E-state index in [1.807, 2.05) is 0 Å². The van der Waals surface area contributed by atoms with E-state index in [1.165, 1.54) is 10.9 Å². The van der Waals surface area contributed by atoms with Crippen LogP contribution in [-0.4, -0.2) is 50.1 Å². The predicted molar refractivity (Wildman–Crippen MR) is 108 cm³/mol. The average molecular weight is 412 g/mol. The highest BCUT2D eigenvalue weighted by Crippen LogP contribution is 2.32. The largest absolute Gasteiger partial charge is 0.444 e. The van der Waals surface area contributed by atoms with Crippen LogP contribution >= 0.6 is 0 Å². The Hall–Kier alpha value is -3.43. The lowest BCUT2D eigenvalue weighted by molar-refractivity contribution is 0.00294. The molecule has 2 amide bonds.